The van der Waals surface area contributed by atoms with Gasteiger partial charge in [0.15, 0.2) is 12.2 Å². The van der Waals surface area contributed by atoms with E-state index in [1.165, 1.54) is 33.1 Å². The summed E-state index contributed by atoms with van der Waals surface area (Å²) in [5, 5.41) is 0.393. The number of hydrogen-bond acceptors (Lipinski definition) is 9. The van der Waals surface area contributed by atoms with Crippen molar-refractivity contribution in [2.75, 3.05) is 12.8 Å². The maximum atomic E-state index is 12.2. The van der Waals surface area contributed by atoms with Crippen molar-refractivity contribution in [1.29, 1.82) is 0 Å². The van der Waals surface area contributed by atoms with E-state index in [-0.39, 0.29) is 11.4 Å². The minimum Gasteiger partial charge on any atom is -0.467 e. The molecule has 9 nitrogen and oxygen atoms in total. The number of halogens is 1. The Morgan fingerprint density at radius 1 is 1.11 bits per heavy atom. The Morgan fingerprint density at radius 2 is 1.71 bits per heavy atom. The van der Waals surface area contributed by atoms with Crippen molar-refractivity contribution in [1.82, 2.24) is 0 Å². The largest absolute Gasteiger partial charge is 0.467 e. The van der Waals surface area contributed by atoms with E-state index >= 15 is 0 Å². The van der Waals surface area contributed by atoms with Gasteiger partial charge in [0.2, 0.25) is 12.4 Å². The first-order valence-corrected chi connectivity index (χ1v) is 8.81. The van der Waals surface area contributed by atoms with Crippen LogP contribution >= 0.6 is 11.6 Å². The third-order valence-corrected chi connectivity index (χ3v) is 4.36. The highest BCUT2D eigenvalue weighted by atomic mass is 35.5. The molecule has 0 amide bonds. The Balaban J connectivity index is 2.41. The molecule has 5 atom stereocenters. The zero-order chi connectivity index (χ0) is 21.0. The van der Waals surface area contributed by atoms with Gasteiger partial charge in [-0.25, -0.2) is 4.79 Å². The number of carbonyl (C=O) groups excluding carboxylic acids is 3. The Bertz CT molecular complexity index is 755. The van der Waals surface area contributed by atoms with Crippen molar-refractivity contribution in [3.63, 3.8) is 0 Å². The Kier molecular flexibility index (Phi) is 7.09. The quantitative estimate of drug-likeness (QED) is 0.434. The predicted molar refractivity (Wildman–Crippen MR) is 97.4 cm³/mol. The molecule has 1 heterocycles. The highest BCUT2D eigenvalue weighted by molar-refractivity contribution is 6.30. The second-order valence-electron chi connectivity index (χ2n) is 6.26. The van der Waals surface area contributed by atoms with E-state index in [0.717, 1.165) is 0 Å². The number of nitrogen functional groups attached to an aromatic ring is 1. The van der Waals surface area contributed by atoms with Gasteiger partial charge in [-0.05, 0) is 18.2 Å². The lowest BCUT2D eigenvalue weighted by atomic mass is 9.90. The predicted octanol–water partition coefficient (Wildman–Crippen LogP) is 1.70. The molecule has 1 aromatic carbocycles. The molecule has 1 aliphatic heterocycles. The number of benzene rings is 1. The summed E-state index contributed by atoms with van der Waals surface area (Å²) in [6, 6.07) is 4.50. The minimum atomic E-state index is -1.29. The van der Waals surface area contributed by atoms with E-state index in [9.17, 15) is 14.4 Å². The number of anilines is 1. The lowest BCUT2D eigenvalue weighted by molar-refractivity contribution is -0.266. The molecule has 0 aromatic heterocycles. The Hall–Kier alpha value is -2.52. The van der Waals surface area contributed by atoms with Gasteiger partial charge in [0, 0.05) is 24.8 Å². The third kappa shape index (κ3) is 5.05. The molecule has 1 fully saturated rings. The fraction of sp³-hybridized carbons (Fsp3) is 0.500. The summed E-state index contributed by atoms with van der Waals surface area (Å²) in [5.41, 5.74) is 6.10. The summed E-state index contributed by atoms with van der Waals surface area (Å²) < 4.78 is 26.9. The van der Waals surface area contributed by atoms with E-state index < -0.39 is 48.4 Å². The lowest BCUT2D eigenvalue weighted by Crippen LogP contribution is -2.60. The Labute approximate surface area is 167 Å². The summed E-state index contributed by atoms with van der Waals surface area (Å²) in [5.74, 6) is -2.45. The standard InChI is InChI=1S/C18H22ClNO8/c1-8-14(25-9(2)21)16(26-10(3)22)18(28-15(8)17(23)24-4)27-13-6-5-11(19)7-12(13)20/h5-8,14-16,18H,20H2,1-4H3/t8-,14-,15-,16+,18+/m0/s1. The zero-order valence-electron chi connectivity index (χ0n) is 15.8. The minimum absolute atomic E-state index is 0.186. The number of rotatable bonds is 5. The number of methoxy groups -OCH3 is 1. The molecule has 1 aromatic rings. The van der Waals surface area contributed by atoms with E-state index in [4.69, 9.17) is 41.0 Å². The van der Waals surface area contributed by atoms with Gasteiger partial charge in [0.25, 0.3) is 0 Å². The number of carbonyl (C=O) groups is 3. The molecule has 0 spiro atoms. The van der Waals surface area contributed by atoms with Gasteiger partial charge >= 0.3 is 17.9 Å². The summed E-state index contributed by atoms with van der Waals surface area (Å²) in [6.07, 6.45) is -4.58. The zero-order valence-corrected chi connectivity index (χ0v) is 16.6. The molecule has 154 valence electrons. The van der Waals surface area contributed by atoms with Gasteiger partial charge in [0.05, 0.1) is 12.8 Å². The molecule has 0 aliphatic carbocycles. The molecule has 0 unspecified atom stereocenters. The van der Waals surface area contributed by atoms with Gasteiger partial charge in [-0.2, -0.15) is 0 Å². The highest BCUT2D eigenvalue weighted by Gasteiger charge is 2.52. The first kappa shape index (κ1) is 21.8. The molecular weight excluding hydrogens is 394 g/mol. The summed E-state index contributed by atoms with van der Waals surface area (Å²) in [4.78, 5) is 35.4. The molecule has 0 radical (unpaired) electrons. The average molecular weight is 416 g/mol. The second-order valence-corrected chi connectivity index (χ2v) is 6.69. The van der Waals surface area contributed by atoms with E-state index in [1.54, 1.807) is 13.0 Å². The molecular formula is C18H22ClNO8. The molecule has 2 N–H and O–H groups in total. The SMILES string of the molecule is COC(=O)[C@H]1O[C@@H](Oc2ccc(Cl)cc2N)[C@H](OC(C)=O)[C@@H](OC(C)=O)[C@@H]1C. The van der Waals surface area contributed by atoms with Crippen LogP contribution in [0.3, 0.4) is 0 Å². The van der Waals surface area contributed by atoms with Crippen LogP contribution in [0.25, 0.3) is 0 Å². The monoisotopic (exact) mass is 415 g/mol. The van der Waals surface area contributed by atoms with Crippen LogP contribution < -0.4 is 10.5 Å². The van der Waals surface area contributed by atoms with Crippen molar-refractivity contribution >= 4 is 35.2 Å². The van der Waals surface area contributed by atoms with Gasteiger partial charge in [-0.1, -0.05) is 18.5 Å². The van der Waals surface area contributed by atoms with Gasteiger partial charge in [-0.15, -0.1) is 0 Å². The van der Waals surface area contributed by atoms with Gasteiger partial charge in [0.1, 0.15) is 5.75 Å². The molecule has 1 aliphatic rings. The van der Waals surface area contributed by atoms with Gasteiger partial charge < -0.3 is 29.4 Å². The van der Waals surface area contributed by atoms with Crippen molar-refractivity contribution in [3.8, 4) is 5.75 Å². The summed E-state index contributed by atoms with van der Waals surface area (Å²) >= 11 is 5.89. The third-order valence-electron chi connectivity index (χ3n) is 4.12. The molecule has 1 saturated heterocycles. The smallest absolute Gasteiger partial charge is 0.335 e. The van der Waals surface area contributed by atoms with Crippen LogP contribution in [-0.4, -0.2) is 49.6 Å². The van der Waals surface area contributed by atoms with Crippen LogP contribution in [0.1, 0.15) is 20.8 Å². The topological polar surface area (TPSA) is 123 Å². The first-order chi connectivity index (χ1) is 13.1. The summed E-state index contributed by atoms with van der Waals surface area (Å²) in [6.45, 7) is 4.00. The molecule has 10 heteroatoms. The highest BCUT2D eigenvalue weighted by Crippen LogP contribution is 2.34. The Morgan fingerprint density at radius 3 is 2.25 bits per heavy atom. The average Bonchev–Trinajstić information content (AvgIpc) is 2.61. The number of ether oxygens (including phenoxy) is 5. The number of esters is 3. The maximum Gasteiger partial charge on any atom is 0.335 e. The van der Waals surface area contributed by atoms with Crippen LogP contribution in [0.2, 0.25) is 5.02 Å². The molecule has 28 heavy (non-hydrogen) atoms. The molecule has 2 rings (SSSR count). The lowest BCUT2D eigenvalue weighted by Gasteiger charge is -2.42. The molecule has 0 bridgehead atoms. The van der Waals surface area contributed by atoms with Crippen LogP contribution in [0.5, 0.6) is 5.75 Å². The summed E-state index contributed by atoms with van der Waals surface area (Å²) in [7, 11) is 1.20. The number of hydrogen-bond donors (Lipinski definition) is 1. The first-order valence-electron chi connectivity index (χ1n) is 8.43. The van der Waals surface area contributed by atoms with Crippen LogP contribution in [0.15, 0.2) is 18.2 Å². The van der Waals surface area contributed by atoms with Crippen molar-refractivity contribution in [2.24, 2.45) is 5.92 Å². The number of nitrogens with two attached hydrogens (primary N) is 1. The van der Waals surface area contributed by atoms with Crippen molar-refractivity contribution in [3.05, 3.63) is 23.2 Å². The second kappa shape index (κ2) is 9.11. The van der Waals surface area contributed by atoms with Crippen molar-refractivity contribution < 1.29 is 38.1 Å². The maximum absolute atomic E-state index is 12.2. The van der Waals surface area contributed by atoms with E-state index in [0.29, 0.717) is 5.02 Å². The van der Waals surface area contributed by atoms with E-state index in [1.807, 2.05) is 0 Å². The van der Waals surface area contributed by atoms with Crippen molar-refractivity contribution in [2.45, 2.75) is 45.4 Å². The van der Waals surface area contributed by atoms with Crippen LogP contribution in [0.4, 0.5) is 5.69 Å². The van der Waals surface area contributed by atoms with Crippen LogP contribution in [0, 0.1) is 5.92 Å². The fourth-order valence-corrected chi connectivity index (χ4v) is 3.07. The fourth-order valence-electron chi connectivity index (χ4n) is 2.89. The van der Waals surface area contributed by atoms with Crippen LogP contribution in [-0.2, 0) is 33.3 Å². The molecule has 0 saturated carbocycles. The van der Waals surface area contributed by atoms with E-state index in [2.05, 4.69) is 0 Å². The normalized spacial score (nSPS) is 26.8. The van der Waals surface area contributed by atoms with Gasteiger partial charge in [-0.3, -0.25) is 9.59 Å².